The van der Waals surface area contributed by atoms with Crippen LogP contribution in [-0.2, 0) is 9.53 Å². The van der Waals surface area contributed by atoms with E-state index in [-0.39, 0.29) is 24.6 Å². The predicted molar refractivity (Wildman–Crippen MR) is 95.2 cm³/mol. The quantitative estimate of drug-likeness (QED) is 0.765. The molecule has 0 bridgehead atoms. The SMILES string of the molecule is CCOC(=O)CCOc1cc(-c2cc(C)[nH]c(=O)c2C#N)ccc1OC. The average Bonchev–Trinajstić information content (AvgIpc) is 2.61. The third kappa shape index (κ3) is 4.42. The van der Waals surface area contributed by atoms with Gasteiger partial charge in [0, 0.05) is 11.3 Å². The summed E-state index contributed by atoms with van der Waals surface area (Å²) < 4.78 is 15.8. The number of aryl methyl sites for hydroxylation is 1. The summed E-state index contributed by atoms with van der Waals surface area (Å²) in [6.07, 6.45) is 0.106. The molecule has 0 saturated carbocycles. The maximum Gasteiger partial charge on any atom is 0.309 e. The molecule has 0 aliphatic heterocycles. The number of methoxy groups -OCH3 is 1. The maximum absolute atomic E-state index is 12.0. The van der Waals surface area contributed by atoms with Crippen LogP contribution in [0.3, 0.4) is 0 Å². The number of hydrogen-bond donors (Lipinski definition) is 1. The van der Waals surface area contributed by atoms with Crippen LogP contribution in [0, 0.1) is 18.3 Å². The van der Waals surface area contributed by atoms with Crippen molar-refractivity contribution in [2.75, 3.05) is 20.3 Å². The third-order valence-corrected chi connectivity index (χ3v) is 3.62. The molecule has 2 aromatic rings. The molecule has 0 fully saturated rings. The van der Waals surface area contributed by atoms with Gasteiger partial charge in [-0.05, 0) is 37.6 Å². The van der Waals surface area contributed by atoms with E-state index < -0.39 is 5.56 Å². The van der Waals surface area contributed by atoms with Crippen LogP contribution < -0.4 is 15.0 Å². The van der Waals surface area contributed by atoms with Crippen LogP contribution in [0.15, 0.2) is 29.1 Å². The van der Waals surface area contributed by atoms with Crippen molar-refractivity contribution in [3.63, 3.8) is 0 Å². The first-order valence-electron chi connectivity index (χ1n) is 8.11. The van der Waals surface area contributed by atoms with E-state index >= 15 is 0 Å². The summed E-state index contributed by atoms with van der Waals surface area (Å²) in [5, 5.41) is 9.30. The smallest absolute Gasteiger partial charge is 0.309 e. The summed E-state index contributed by atoms with van der Waals surface area (Å²) in [6, 6.07) is 8.77. The fourth-order valence-corrected chi connectivity index (χ4v) is 2.46. The van der Waals surface area contributed by atoms with Crippen LogP contribution in [0.2, 0.25) is 0 Å². The first kappa shape index (κ1) is 19.1. The number of benzene rings is 1. The number of H-pyrrole nitrogens is 1. The van der Waals surface area contributed by atoms with Gasteiger partial charge in [-0.3, -0.25) is 9.59 Å². The summed E-state index contributed by atoms with van der Waals surface area (Å²) in [5.74, 6) is 0.549. The Morgan fingerprint density at radius 3 is 2.69 bits per heavy atom. The zero-order valence-electron chi connectivity index (χ0n) is 14.9. The third-order valence-electron chi connectivity index (χ3n) is 3.62. The van der Waals surface area contributed by atoms with E-state index in [0.29, 0.717) is 34.9 Å². The Kier molecular flexibility index (Phi) is 6.39. The minimum Gasteiger partial charge on any atom is -0.493 e. The van der Waals surface area contributed by atoms with Crippen molar-refractivity contribution in [1.29, 1.82) is 5.26 Å². The van der Waals surface area contributed by atoms with Crippen LogP contribution in [0.25, 0.3) is 11.1 Å². The van der Waals surface area contributed by atoms with Gasteiger partial charge in [-0.1, -0.05) is 6.07 Å². The van der Waals surface area contributed by atoms with E-state index in [1.54, 1.807) is 38.1 Å². The van der Waals surface area contributed by atoms with E-state index in [4.69, 9.17) is 14.2 Å². The molecule has 1 heterocycles. The van der Waals surface area contributed by atoms with Crippen molar-refractivity contribution in [2.24, 2.45) is 0 Å². The number of pyridine rings is 1. The van der Waals surface area contributed by atoms with Gasteiger partial charge < -0.3 is 19.2 Å². The van der Waals surface area contributed by atoms with Crippen molar-refractivity contribution < 1.29 is 19.0 Å². The van der Waals surface area contributed by atoms with Crippen molar-refractivity contribution >= 4 is 5.97 Å². The number of hydrogen-bond acceptors (Lipinski definition) is 6. The molecule has 1 aromatic carbocycles. The van der Waals surface area contributed by atoms with E-state index in [1.807, 2.05) is 6.07 Å². The fraction of sp³-hybridized carbons (Fsp3) is 0.316. The summed E-state index contributed by atoms with van der Waals surface area (Å²) in [6.45, 7) is 3.92. The van der Waals surface area contributed by atoms with Crippen molar-refractivity contribution in [3.8, 4) is 28.7 Å². The molecule has 26 heavy (non-hydrogen) atoms. The lowest BCUT2D eigenvalue weighted by atomic mass is 10.0. The largest absolute Gasteiger partial charge is 0.493 e. The first-order chi connectivity index (χ1) is 12.5. The summed E-state index contributed by atoms with van der Waals surface area (Å²) in [7, 11) is 1.51. The molecule has 0 aliphatic carbocycles. The number of carbonyl (C=O) groups is 1. The van der Waals surface area contributed by atoms with Gasteiger partial charge in [0.05, 0.1) is 26.7 Å². The van der Waals surface area contributed by atoms with Gasteiger partial charge in [0.15, 0.2) is 11.5 Å². The number of nitrogens with one attached hydrogen (secondary N) is 1. The molecule has 0 spiro atoms. The predicted octanol–water partition coefficient (Wildman–Crippen LogP) is 2.56. The van der Waals surface area contributed by atoms with Crippen molar-refractivity contribution in [1.82, 2.24) is 4.98 Å². The number of ether oxygens (including phenoxy) is 3. The van der Waals surface area contributed by atoms with Gasteiger partial charge in [-0.25, -0.2) is 0 Å². The minimum absolute atomic E-state index is 0.0261. The second-order valence-electron chi connectivity index (χ2n) is 5.45. The number of rotatable bonds is 7. The molecule has 0 unspecified atom stereocenters. The number of carbonyl (C=O) groups excluding carboxylic acids is 1. The zero-order chi connectivity index (χ0) is 19.1. The Balaban J connectivity index is 2.34. The lowest BCUT2D eigenvalue weighted by molar-refractivity contribution is -0.143. The second-order valence-corrected chi connectivity index (χ2v) is 5.45. The van der Waals surface area contributed by atoms with E-state index in [2.05, 4.69) is 4.98 Å². The molecule has 2 rings (SSSR count). The Morgan fingerprint density at radius 2 is 2.04 bits per heavy atom. The average molecular weight is 356 g/mol. The topological polar surface area (TPSA) is 101 Å². The van der Waals surface area contributed by atoms with Gasteiger partial charge >= 0.3 is 5.97 Å². The molecule has 1 N–H and O–H groups in total. The normalized spacial score (nSPS) is 10.1. The van der Waals surface area contributed by atoms with Gasteiger partial charge in [-0.2, -0.15) is 5.26 Å². The molecule has 0 amide bonds. The highest BCUT2D eigenvalue weighted by molar-refractivity contribution is 5.73. The van der Waals surface area contributed by atoms with Crippen LogP contribution >= 0.6 is 0 Å². The lowest BCUT2D eigenvalue weighted by Gasteiger charge is -2.13. The molecule has 7 heteroatoms. The molecule has 7 nitrogen and oxygen atoms in total. The second kappa shape index (κ2) is 8.72. The molecule has 1 aromatic heterocycles. The molecule has 0 atom stereocenters. The standard InChI is InChI=1S/C19H20N2O5/c1-4-25-18(22)7-8-26-17-10-13(5-6-16(17)24-3)14-9-12(2)21-19(23)15(14)11-20/h5-6,9-10H,4,7-8H2,1-3H3,(H,21,23). The monoisotopic (exact) mass is 356 g/mol. The van der Waals surface area contributed by atoms with Crippen LogP contribution in [-0.4, -0.2) is 31.3 Å². The molecule has 136 valence electrons. The first-order valence-corrected chi connectivity index (χ1v) is 8.11. The van der Waals surface area contributed by atoms with Crippen LogP contribution in [0.4, 0.5) is 0 Å². The summed E-state index contributed by atoms with van der Waals surface area (Å²) in [4.78, 5) is 26.0. The van der Waals surface area contributed by atoms with Crippen LogP contribution in [0.1, 0.15) is 24.6 Å². The Morgan fingerprint density at radius 1 is 1.27 bits per heavy atom. The molecular formula is C19H20N2O5. The maximum atomic E-state index is 12.0. The Hall–Kier alpha value is -3.27. The van der Waals surface area contributed by atoms with Gasteiger partial charge in [0.2, 0.25) is 0 Å². The van der Waals surface area contributed by atoms with Crippen LogP contribution in [0.5, 0.6) is 11.5 Å². The minimum atomic E-state index is -0.442. The molecule has 0 aliphatic rings. The number of nitrogens with zero attached hydrogens (tertiary/aromatic N) is 1. The van der Waals surface area contributed by atoms with Gasteiger partial charge in [0.1, 0.15) is 11.6 Å². The summed E-state index contributed by atoms with van der Waals surface area (Å²) in [5.41, 5.74) is 1.38. The van der Waals surface area contributed by atoms with Crippen molar-refractivity contribution in [3.05, 3.63) is 45.9 Å². The highest BCUT2D eigenvalue weighted by atomic mass is 16.5. The molecule has 0 saturated heterocycles. The molecule has 0 radical (unpaired) electrons. The fourth-order valence-electron chi connectivity index (χ4n) is 2.46. The number of esters is 1. The zero-order valence-corrected chi connectivity index (χ0v) is 14.9. The van der Waals surface area contributed by atoms with E-state index in [9.17, 15) is 14.9 Å². The summed E-state index contributed by atoms with van der Waals surface area (Å²) >= 11 is 0. The van der Waals surface area contributed by atoms with Crippen molar-refractivity contribution in [2.45, 2.75) is 20.3 Å². The Labute approximate surface area is 151 Å². The lowest BCUT2D eigenvalue weighted by Crippen LogP contribution is -2.13. The highest BCUT2D eigenvalue weighted by Gasteiger charge is 2.14. The number of aromatic amines is 1. The molecular weight excluding hydrogens is 336 g/mol. The highest BCUT2D eigenvalue weighted by Crippen LogP contribution is 2.33. The van der Waals surface area contributed by atoms with E-state index in [1.165, 1.54) is 7.11 Å². The van der Waals surface area contributed by atoms with Gasteiger partial charge in [0.25, 0.3) is 5.56 Å². The van der Waals surface area contributed by atoms with Gasteiger partial charge in [-0.15, -0.1) is 0 Å². The van der Waals surface area contributed by atoms with E-state index in [0.717, 1.165) is 0 Å². The number of aromatic nitrogens is 1. The number of nitriles is 1. The Bertz CT molecular complexity index is 896.